The molecule has 2 aromatic carbocycles. The van der Waals surface area contributed by atoms with Crippen molar-refractivity contribution < 1.29 is 18.8 Å². The van der Waals surface area contributed by atoms with E-state index in [1.165, 1.54) is 0 Å². The van der Waals surface area contributed by atoms with Gasteiger partial charge in [-0.05, 0) is 56.2 Å². The Labute approximate surface area is 185 Å². The molecule has 0 N–H and O–H groups in total. The molecule has 0 radical (unpaired) electrons. The van der Waals surface area contributed by atoms with Crippen LogP contribution < -0.4 is 0 Å². The number of esters is 1. The normalized spacial score (nSPS) is 16.2. The van der Waals surface area contributed by atoms with Gasteiger partial charge in [0.1, 0.15) is 0 Å². The quantitative estimate of drug-likeness (QED) is 0.545. The van der Waals surface area contributed by atoms with Gasteiger partial charge in [-0.15, -0.1) is 0 Å². The Bertz CT molecular complexity index is 1080. The fourth-order valence-corrected chi connectivity index (χ4v) is 3.82. The molecule has 1 aliphatic heterocycles. The van der Waals surface area contributed by atoms with E-state index in [2.05, 4.69) is 10.1 Å². The van der Waals surface area contributed by atoms with Gasteiger partial charge >= 0.3 is 5.97 Å². The van der Waals surface area contributed by atoms with E-state index in [0.717, 1.165) is 18.4 Å². The van der Waals surface area contributed by atoms with Gasteiger partial charge < -0.3 is 14.2 Å². The number of amides is 1. The van der Waals surface area contributed by atoms with Crippen molar-refractivity contribution in [2.45, 2.75) is 19.8 Å². The van der Waals surface area contributed by atoms with Crippen LogP contribution in [0.5, 0.6) is 0 Å². The zero-order chi connectivity index (χ0) is 21.8. The highest BCUT2D eigenvalue weighted by molar-refractivity contribution is 6.30. The third-order valence-electron chi connectivity index (χ3n) is 5.24. The maximum atomic E-state index is 13.3. The van der Waals surface area contributed by atoms with Crippen LogP contribution in [0.2, 0.25) is 5.02 Å². The average molecular weight is 440 g/mol. The SMILES string of the molecule is CCOC(=O)C1CCCN(C(=O)c2ccccc2-c2nc(-c3ccc(Cl)cc3)no2)C1. The number of piperidine rings is 1. The Morgan fingerprint density at radius 3 is 2.74 bits per heavy atom. The molecule has 2 heterocycles. The van der Waals surface area contributed by atoms with Crippen LogP contribution in [0, 0.1) is 5.92 Å². The van der Waals surface area contributed by atoms with E-state index in [4.69, 9.17) is 20.9 Å². The first-order chi connectivity index (χ1) is 15.1. The summed E-state index contributed by atoms with van der Waals surface area (Å²) in [6, 6.07) is 14.2. The third-order valence-corrected chi connectivity index (χ3v) is 5.50. The predicted molar refractivity (Wildman–Crippen MR) is 115 cm³/mol. The van der Waals surface area contributed by atoms with E-state index in [-0.39, 0.29) is 23.7 Å². The first-order valence-corrected chi connectivity index (χ1v) is 10.6. The number of aromatic nitrogens is 2. The van der Waals surface area contributed by atoms with Gasteiger partial charge in [-0.2, -0.15) is 4.98 Å². The van der Waals surface area contributed by atoms with Gasteiger partial charge in [-0.1, -0.05) is 28.9 Å². The minimum atomic E-state index is -0.301. The van der Waals surface area contributed by atoms with E-state index < -0.39 is 0 Å². The van der Waals surface area contributed by atoms with Crippen LogP contribution in [0.1, 0.15) is 30.1 Å². The van der Waals surface area contributed by atoms with Crippen LogP contribution in [0.3, 0.4) is 0 Å². The molecule has 3 aromatic rings. The van der Waals surface area contributed by atoms with Crippen molar-refractivity contribution in [3.8, 4) is 22.8 Å². The van der Waals surface area contributed by atoms with Gasteiger partial charge in [0.15, 0.2) is 0 Å². The Morgan fingerprint density at radius 1 is 1.19 bits per heavy atom. The molecule has 1 fully saturated rings. The second-order valence-electron chi connectivity index (χ2n) is 7.32. The number of ether oxygens (including phenoxy) is 1. The molecule has 0 saturated carbocycles. The third kappa shape index (κ3) is 4.61. The Morgan fingerprint density at radius 2 is 1.97 bits per heavy atom. The van der Waals surface area contributed by atoms with Crippen molar-refractivity contribution in [3.05, 3.63) is 59.1 Å². The molecule has 1 aliphatic rings. The Hall–Kier alpha value is -3.19. The van der Waals surface area contributed by atoms with E-state index in [1.54, 1.807) is 54.3 Å². The van der Waals surface area contributed by atoms with Gasteiger partial charge in [-0.25, -0.2) is 0 Å². The van der Waals surface area contributed by atoms with Gasteiger partial charge in [0, 0.05) is 23.7 Å². The number of nitrogens with zero attached hydrogens (tertiary/aromatic N) is 3. The van der Waals surface area contributed by atoms with E-state index in [9.17, 15) is 9.59 Å². The number of hydrogen-bond donors (Lipinski definition) is 0. The molecule has 7 nitrogen and oxygen atoms in total. The summed E-state index contributed by atoms with van der Waals surface area (Å²) in [6.07, 6.45) is 1.47. The molecule has 8 heteroatoms. The van der Waals surface area contributed by atoms with Crippen LogP contribution in [0.25, 0.3) is 22.8 Å². The highest BCUT2D eigenvalue weighted by Crippen LogP contribution is 2.28. The fraction of sp³-hybridized carbons (Fsp3) is 0.304. The minimum Gasteiger partial charge on any atom is -0.466 e. The lowest BCUT2D eigenvalue weighted by molar-refractivity contribution is -0.149. The molecular formula is C23H22ClN3O4. The Kier molecular flexibility index (Phi) is 6.32. The second kappa shape index (κ2) is 9.31. The highest BCUT2D eigenvalue weighted by atomic mass is 35.5. The lowest BCUT2D eigenvalue weighted by Crippen LogP contribution is -2.43. The standard InChI is InChI=1S/C23H22ClN3O4/c1-2-30-23(29)16-6-5-13-27(14-16)22(28)19-8-4-3-7-18(19)21-25-20(26-31-21)15-9-11-17(24)12-10-15/h3-4,7-12,16H,2,5-6,13-14H2,1H3. The van der Waals surface area contributed by atoms with Crippen molar-refractivity contribution in [2.75, 3.05) is 19.7 Å². The number of rotatable bonds is 5. The van der Waals surface area contributed by atoms with Gasteiger partial charge in [0.05, 0.1) is 23.7 Å². The van der Waals surface area contributed by atoms with Crippen molar-refractivity contribution in [1.29, 1.82) is 0 Å². The van der Waals surface area contributed by atoms with Crippen LogP contribution in [0.15, 0.2) is 53.1 Å². The maximum Gasteiger partial charge on any atom is 0.310 e. The minimum absolute atomic E-state index is 0.171. The molecule has 4 rings (SSSR count). The van der Waals surface area contributed by atoms with Crippen LogP contribution in [-0.2, 0) is 9.53 Å². The molecule has 160 valence electrons. The van der Waals surface area contributed by atoms with Gasteiger partial charge in [0.2, 0.25) is 5.82 Å². The topological polar surface area (TPSA) is 85.5 Å². The zero-order valence-electron chi connectivity index (χ0n) is 17.1. The largest absolute Gasteiger partial charge is 0.466 e. The molecule has 1 aromatic heterocycles. The van der Waals surface area contributed by atoms with Gasteiger partial charge in [0.25, 0.3) is 11.8 Å². The lowest BCUT2D eigenvalue weighted by Gasteiger charge is -2.31. The fourth-order valence-electron chi connectivity index (χ4n) is 3.69. The molecule has 31 heavy (non-hydrogen) atoms. The summed E-state index contributed by atoms with van der Waals surface area (Å²) < 4.78 is 10.6. The number of carbonyl (C=O) groups excluding carboxylic acids is 2. The summed E-state index contributed by atoms with van der Waals surface area (Å²) in [5.74, 6) is -0.0551. The number of benzene rings is 2. The number of halogens is 1. The number of hydrogen-bond acceptors (Lipinski definition) is 6. The molecule has 1 amide bonds. The van der Waals surface area contributed by atoms with Crippen LogP contribution >= 0.6 is 11.6 Å². The van der Waals surface area contributed by atoms with E-state index in [0.29, 0.717) is 41.7 Å². The second-order valence-corrected chi connectivity index (χ2v) is 7.75. The van der Waals surface area contributed by atoms with E-state index in [1.807, 2.05) is 6.07 Å². The smallest absolute Gasteiger partial charge is 0.310 e. The molecule has 0 spiro atoms. The van der Waals surface area contributed by atoms with Crippen molar-refractivity contribution in [2.24, 2.45) is 5.92 Å². The monoisotopic (exact) mass is 439 g/mol. The summed E-state index contributed by atoms with van der Waals surface area (Å²) in [5, 5.41) is 4.66. The van der Waals surface area contributed by atoms with Crippen molar-refractivity contribution in [1.82, 2.24) is 15.0 Å². The first-order valence-electron chi connectivity index (χ1n) is 10.2. The molecule has 1 unspecified atom stereocenters. The Balaban J connectivity index is 1.58. The average Bonchev–Trinajstić information content (AvgIpc) is 3.29. The summed E-state index contributed by atoms with van der Waals surface area (Å²) in [4.78, 5) is 31.6. The van der Waals surface area contributed by atoms with Crippen molar-refractivity contribution >= 4 is 23.5 Å². The van der Waals surface area contributed by atoms with Crippen LogP contribution in [0.4, 0.5) is 0 Å². The molecular weight excluding hydrogens is 418 g/mol. The number of carbonyl (C=O) groups is 2. The molecule has 0 aliphatic carbocycles. The summed E-state index contributed by atoms with van der Waals surface area (Å²) in [6.45, 7) is 3.04. The van der Waals surface area contributed by atoms with E-state index >= 15 is 0 Å². The molecule has 1 saturated heterocycles. The predicted octanol–water partition coefficient (Wildman–Crippen LogP) is 4.47. The lowest BCUT2D eigenvalue weighted by atomic mass is 9.96. The maximum absolute atomic E-state index is 13.3. The van der Waals surface area contributed by atoms with Crippen LogP contribution in [-0.4, -0.2) is 46.6 Å². The van der Waals surface area contributed by atoms with Gasteiger partial charge in [-0.3, -0.25) is 9.59 Å². The molecule has 1 atom stereocenters. The first kappa shape index (κ1) is 21.1. The molecule has 0 bridgehead atoms. The summed E-state index contributed by atoms with van der Waals surface area (Å²) >= 11 is 5.94. The number of likely N-dealkylation sites (tertiary alicyclic amines) is 1. The summed E-state index contributed by atoms with van der Waals surface area (Å²) in [7, 11) is 0. The summed E-state index contributed by atoms with van der Waals surface area (Å²) in [5.41, 5.74) is 1.77. The highest BCUT2D eigenvalue weighted by Gasteiger charge is 2.31. The zero-order valence-corrected chi connectivity index (χ0v) is 17.8. The van der Waals surface area contributed by atoms with Crippen molar-refractivity contribution in [3.63, 3.8) is 0 Å².